The van der Waals surface area contributed by atoms with Crippen molar-refractivity contribution in [3.63, 3.8) is 0 Å². The van der Waals surface area contributed by atoms with E-state index >= 15 is 0 Å². The van der Waals surface area contributed by atoms with Crippen molar-refractivity contribution in [3.8, 4) is 0 Å². The molecule has 0 aromatic rings. The summed E-state index contributed by atoms with van der Waals surface area (Å²) in [7, 11) is -9.89. The first-order valence-electron chi connectivity index (χ1n) is 35.5. The smallest absolute Gasteiger partial charge is 0.462 e. The first-order valence-corrected chi connectivity index (χ1v) is 38.5. The molecule has 0 radical (unpaired) electrons. The standard InChI is InChI=1S/C68H132O17P2/c1-7-9-11-13-15-17-19-20-21-22-23-24-28-33-41-47-53-68(73)84-63(56-78-65(70)50-44-38-31-29-25-26-30-36-42-48-60(3)4)58-82-86(74,75)80-54-62(69)55-81-87(76,77)83-59-64(57-79-66(71)51-45-39-35-34-37-43-49-61(5)6)85-67(72)52-46-40-32-27-18-16-14-12-10-8-2/h60-64,69H,7-59H2,1-6H3,(H,74,75)(H,76,77)/t62-,63-,64-/m1/s1. The monoisotopic (exact) mass is 1280 g/mol. The zero-order chi connectivity index (χ0) is 64.3. The Morgan fingerprint density at radius 1 is 0.310 bits per heavy atom. The van der Waals surface area contributed by atoms with Crippen molar-refractivity contribution in [1.29, 1.82) is 0 Å². The second-order valence-electron chi connectivity index (χ2n) is 25.5. The minimum atomic E-state index is -4.95. The summed E-state index contributed by atoms with van der Waals surface area (Å²) in [6, 6.07) is 0. The normalized spacial score (nSPS) is 14.2. The number of rotatable bonds is 67. The fraction of sp³-hybridized carbons (Fsp3) is 0.941. The van der Waals surface area contributed by atoms with Gasteiger partial charge in [0.1, 0.15) is 19.3 Å². The Morgan fingerprint density at radius 2 is 0.529 bits per heavy atom. The average Bonchev–Trinajstić information content (AvgIpc) is 3.67. The third-order valence-corrected chi connectivity index (χ3v) is 17.6. The highest BCUT2D eigenvalue weighted by atomic mass is 31.2. The number of unbranched alkanes of at least 4 members (excludes halogenated alkanes) is 37. The summed E-state index contributed by atoms with van der Waals surface area (Å²) in [5.74, 6) is -0.705. The molecule has 87 heavy (non-hydrogen) atoms. The molecule has 0 rings (SSSR count). The summed E-state index contributed by atoms with van der Waals surface area (Å²) >= 11 is 0. The lowest BCUT2D eigenvalue weighted by Crippen LogP contribution is -2.30. The molecule has 516 valence electrons. The molecule has 5 atom stereocenters. The highest BCUT2D eigenvalue weighted by Gasteiger charge is 2.30. The second kappa shape index (κ2) is 60.3. The van der Waals surface area contributed by atoms with Crippen LogP contribution in [0.2, 0.25) is 0 Å². The van der Waals surface area contributed by atoms with Crippen LogP contribution in [0.3, 0.4) is 0 Å². The Kier molecular flexibility index (Phi) is 59.0. The highest BCUT2D eigenvalue weighted by molar-refractivity contribution is 7.47. The Hall–Kier alpha value is -1.94. The Morgan fingerprint density at radius 3 is 0.782 bits per heavy atom. The van der Waals surface area contributed by atoms with Crippen molar-refractivity contribution in [2.75, 3.05) is 39.6 Å². The van der Waals surface area contributed by atoms with E-state index in [2.05, 4.69) is 41.5 Å². The maximum absolute atomic E-state index is 13.0. The molecule has 19 heteroatoms. The van der Waals surface area contributed by atoms with Gasteiger partial charge < -0.3 is 33.8 Å². The number of phosphoric ester groups is 2. The zero-order valence-corrected chi connectivity index (χ0v) is 58.1. The molecule has 0 aliphatic carbocycles. The minimum Gasteiger partial charge on any atom is -0.462 e. The van der Waals surface area contributed by atoms with Gasteiger partial charge in [0, 0.05) is 25.7 Å². The van der Waals surface area contributed by atoms with Gasteiger partial charge in [-0.05, 0) is 37.5 Å². The number of carbonyl (C=O) groups is 4. The van der Waals surface area contributed by atoms with Gasteiger partial charge in [-0.2, -0.15) is 0 Å². The zero-order valence-electron chi connectivity index (χ0n) is 56.3. The third kappa shape index (κ3) is 62.6. The summed E-state index contributed by atoms with van der Waals surface area (Å²) < 4.78 is 68.1. The molecule has 0 fully saturated rings. The first kappa shape index (κ1) is 85.1. The molecule has 17 nitrogen and oxygen atoms in total. The van der Waals surface area contributed by atoms with Crippen LogP contribution in [0.15, 0.2) is 0 Å². The van der Waals surface area contributed by atoms with Crippen LogP contribution >= 0.6 is 15.6 Å². The molecule has 0 spiro atoms. The van der Waals surface area contributed by atoms with E-state index < -0.39 is 97.5 Å². The summed E-state index contributed by atoms with van der Waals surface area (Å²) in [6.45, 7) is 9.42. The molecule has 2 unspecified atom stereocenters. The molecule has 0 saturated carbocycles. The Bertz CT molecular complexity index is 1700. The van der Waals surface area contributed by atoms with Crippen LogP contribution in [0.1, 0.15) is 343 Å². The molecule has 0 aliphatic heterocycles. The van der Waals surface area contributed by atoms with Crippen LogP contribution in [0.5, 0.6) is 0 Å². The van der Waals surface area contributed by atoms with Gasteiger partial charge in [-0.25, -0.2) is 9.13 Å². The SMILES string of the molecule is CCCCCCCCCCCCCCCCCCC(=O)O[C@H](COC(=O)CCCCCCCCCCCC(C)C)COP(=O)(O)OC[C@@H](O)COP(=O)(O)OC[C@@H](COC(=O)CCCCCCCCC(C)C)OC(=O)CCCCCCCCCCCC. The van der Waals surface area contributed by atoms with Crippen LogP contribution in [0, 0.1) is 11.8 Å². The molecule has 0 aromatic heterocycles. The molecule has 0 bridgehead atoms. The average molecular weight is 1280 g/mol. The van der Waals surface area contributed by atoms with Crippen LogP contribution in [0.25, 0.3) is 0 Å². The van der Waals surface area contributed by atoms with Gasteiger partial charge in [-0.3, -0.25) is 37.3 Å². The Balaban J connectivity index is 5.23. The predicted octanol–water partition coefficient (Wildman–Crippen LogP) is 19.2. The molecule has 0 saturated heterocycles. The lowest BCUT2D eigenvalue weighted by Gasteiger charge is -2.21. The first-order chi connectivity index (χ1) is 41.9. The predicted molar refractivity (Wildman–Crippen MR) is 349 cm³/mol. The van der Waals surface area contributed by atoms with Crippen molar-refractivity contribution >= 4 is 39.5 Å². The quantitative estimate of drug-likeness (QED) is 0.0222. The van der Waals surface area contributed by atoms with Crippen molar-refractivity contribution < 1.29 is 80.2 Å². The van der Waals surface area contributed by atoms with Crippen molar-refractivity contribution in [2.24, 2.45) is 11.8 Å². The lowest BCUT2D eigenvalue weighted by atomic mass is 10.0. The van der Waals surface area contributed by atoms with E-state index in [1.807, 2.05) is 0 Å². The largest absolute Gasteiger partial charge is 0.472 e. The molecule has 0 amide bonds. The van der Waals surface area contributed by atoms with E-state index in [9.17, 15) is 43.2 Å². The van der Waals surface area contributed by atoms with Gasteiger partial charge in [0.15, 0.2) is 12.2 Å². The lowest BCUT2D eigenvalue weighted by molar-refractivity contribution is -0.161. The topological polar surface area (TPSA) is 237 Å². The van der Waals surface area contributed by atoms with Crippen LogP contribution in [-0.2, 0) is 65.4 Å². The molecule has 0 heterocycles. The second-order valence-corrected chi connectivity index (χ2v) is 28.4. The molecule has 0 aliphatic rings. The highest BCUT2D eigenvalue weighted by Crippen LogP contribution is 2.45. The summed E-state index contributed by atoms with van der Waals surface area (Å²) in [5.41, 5.74) is 0. The third-order valence-electron chi connectivity index (χ3n) is 15.7. The summed E-state index contributed by atoms with van der Waals surface area (Å²) in [5, 5.41) is 10.6. The van der Waals surface area contributed by atoms with E-state index in [0.29, 0.717) is 31.6 Å². The van der Waals surface area contributed by atoms with Gasteiger partial charge in [-0.15, -0.1) is 0 Å². The molecule has 0 aromatic carbocycles. The fourth-order valence-electron chi connectivity index (χ4n) is 10.2. The number of phosphoric acid groups is 2. The summed E-state index contributed by atoms with van der Waals surface area (Å²) in [6.07, 6.45) is 44.6. The van der Waals surface area contributed by atoms with Crippen molar-refractivity contribution in [1.82, 2.24) is 0 Å². The maximum Gasteiger partial charge on any atom is 0.472 e. The van der Waals surface area contributed by atoms with Gasteiger partial charge in [0.05, 0.1) is 26.4 Å². The fourth-order valence-corrected chi connectivity index (χ4v) is 11.8. The number of esters is 4. The van der Waals surface area contributed by atoms with Gasteiger partial charge in [0.2, 0.25) is 0 Å². The minimum absolute atomic E-state index is 0.105. The van der Waals surface area contributed by atoms with Crippen LogP contribution in [0.4, 0.5) is 0 Å². The van der Waals surface area contributed by atoms with E-state index in [1.54, 1.807) is 0 Å². The van der Waals surface area contributed by atoms with Crippen molar-refractivity contribution in [2.45, 2.75) is 362 Å². The van der Waals surface area contributed by atoms with E-state index in [4.69, 9.17) is 37.0 Å². The van der Waals surface area contributed by atoms with E-state index in [0.717, 1.165) is 102 Å². The number of aliphatic hydroxyl groups excluding tert-OH is 1. The van der Waals surface area contributed by atoms with Gasteiger partial charge in [-0.1, -0.05) is 292 Å². The maximum atomic E-state index is 13.0. The number of carbonyl (C=O) groups excluding carboxylic acids is 4. The Labute approximate surface area is 530 Å². The van der Waals surface area contributed by atoms with Crippen LogP contribution < -0.4 is 0 Å². The van der Waals surface area contributed by atoms with Crippen molar-refractivity contribution in [3.05, 3.63) is 0 Å². The number of hydrogen-bond acceptors (Lipinski definition) is 15. The van der Waals surface area contributed by atoms with Gasteiger partial charge >= 0.3 is 39.5 Å². The van der Waals surface area contributed by atoms with E-state index in [-0.39, 0.29) is 25.7 Å². The number of hydrogen-bond donors (Lipinski definition) is 3. The number of ether oxygens (including phenoxy) is 4. The number of aliphatic hydroxyl groups is 1. The summed E-state index contributed by atoms with van der Waals surface area (Å²) in [4.78, 5) is 72.4. The van der Waals surface area contributed by atoms with Gasteiger partial charge in [0.25, 0.3) is 0 Å². The van der Waals surface area contributed by atoms with E-state index in [1.165, 1.54) is 154 Å². The molecular formula is C68H132O17P2. The molecular weight excluding hydrogens is 1150 g/mol. The molecule has 3 N–H and O–H groups in total. The van der Waals surface area contributed by atoms with Crippen LogP contribution in [-0.4, -0.2) is 96.7 Å².